The predicted molar refractivity (Wildman–Crippen MR) is 90.8 cm³/mol. The molecule has 0 radical (unpaired) electrons. The minimum absolute atomic E-state index is 0.125. The first kappa shape index (κ1) is 16.5. The Kier molecular flexibility index (Phi) is 4.14. The van der Waals surface area contributed by atoms with Crippen molar-refractivity contribution in [3.05, 3.63) is 57.5 Å². The second-order valence-corrected chi connectivity index (χ2v) is 5.61. The Bertz CT molecular complexity index is 1000. The average Bonchev–Trinajstić information content (AvgIpc) is 2.85. The van der Waals surface area contributed by atoms with Gasteiger partial charge in [-0.2, -0.15) is 10.2 Å². The molecule has 9 heteroatoms. The zero-order valence-corrected chi connectivity index (χ0v) is 14.3. The lowest BCUT2D eigenvalue weighted by atomic mass is 10.2. The normalized spacial score (nSPS) is 10.7. The van der Waals surface area contributed by atoms with Crippen LogP contribution in [0.3, 0.4) is 0 Å². The number of nitrogens with zero attached hydrogens (tertiary/aromatic N) is 6. The van der Waals surface area contributed by atoms with E-state index in [1.165, 1.54) is 31.6 Å². The van der Waals surface area contributed by atoms with E-state index in [0.29, 0.717) is 11.6 Å². The average molecular weight is 339 g/mol. The van der Waals surface area contributed by atoms with Crippen molar-refractivity contribution >= 4 is 11.6 Å². The molecule has 128 valence electrons. The van der Waals surface area contributed by atoms with E-state index in [1.807, 2.05) is 20.8 Å². The molecule has 0 aliphatic rings. The Hall–Kier alpha value is -3.36. The maximum absolute atomic E-state index is 12.2. The van der Waals surface area contributed by atoms with Gasteiger partial charge in [-0.25, -0.2) is 19.3 Å². The van der Waals surface area contributed by atoms with Gasteiger partial charge in [0.25, 0.3) is 17.4 Å². The smallest absolute Gasteiger partial charge is 0.276 e. The molecule has 0 fully saturated rings. The Morgan fingerprint density at radius 3 is 2.32 bits per heavy atom. The highest BCUT2D eigenvalue weighted by atomic mass is 16.2. The van der Waals surface area contributed by atoms with Gasteiger partial charge in [0.05, 0.1) is 23.8 Å². The lowest BCUT2D eigenvalue weighted by Crippen LogP contribution is -2.23. The van der Waals surface area contributed by atoms with Gasteiger partial charge in [0, 0.05) is 18.8 Å². The highest BCUT2D eigenvalue weighted by molar-refractivity contribution is 6.02. The number of anilines is 1. The molecule has 0 aromatic carbocycles. The SMILES string of the molecule is Cc1nn(-c2ncc(NC(=O)c3ccc(=O)n(C)n3)cn2)c(C)c1C. The van der Waals surface area contributed by atoms with E-state index in [0.717, 1.165) is 21.6 Å². The van der Waals surface area contributed by atoms with Crippen LogP contribution >= 0.6 is 0 Å². The van der Waals surface area contributed by atoms with Crippen molar-refractivity contribution in [1.82, 2.24) is 29.5 Å². The number of aromatic nitrogens is 6. The van der Waals surface area contributed by atoms with Crippen molar-refractivity contribution < 1.29 is 4.79 Å². The van der Waals surface area contributed by atoms with Gasteiger partial charge in [-0.3, -0.25) is 9.59 Å². The quantitative estimate of drug-likeness (QED) is 0.761. The van der Waals surface area contributed by atoms with Crippen molar-refractivity contribution in [3.8, 4) is 5.95 Å². The van der Waals surface area contributed by atoms with Crippen LogP contribution in [0.15, 0.2) is 29.3 Å². The topological polar surface area (TPSA) is 108 Å². The molecular formula is C16H17N7O2. The van der Waals surface area contributed by atoms with Crippen LogP contribution in [0.25, 0.3) is 5.95 Å². The number of hydrogen-bond donors (Lipinski definition) is 1. The molecule has 25 heavy (non-hydrogen) atoms. The van der Waals surface area contributed by atoms with Crippen molar-refractivity contribution in [2.75, 3.05) is 5.32 Å². The molecule has 0 saturated carbocycles. The van der Waals surface area contributed by atoms with Gasteiger partial charge < -0.3 is 5.32 Å². The van der Waals surface area contributed by atoms with Gasteiger partial charge in [-0.05, 0) is 32.4 Å². The summed E-state index contributed by atoms with van der Waals surface area (Å²) < 4.78 is 2.75. The van der Waals surface area contributed by atoms with Crippen molar-refractivity contribution in [2.24, 2.45) is 7.05 Å². The van der Waals surface area contributed by atoms with Gasteiger partial charge in [0.15, 0.2) is 0 Å². The Labute approximate surface area is 143 Å². The van der Waals surface area contributed by atoms with Gasteiger partial charge in [0.1, 0.15) is 5.69 Å². The van der Waals surface area contributed by atoms with E-state index in [-0.39, 0.29) is 11.3 Å². The number of hydrogen-bond acceptors (Lipinski definition) is 6. The van der Waals surface area contributed by atoms with E-state index in [9.17, 15) is 9.59 Å². The molecule has 0 aliphatic heterocycles. The number of carbonyl (C=O) groups is 1. The zero-order valence-electron chi connectivity index (χ0n) is 14.3. The van der Waals surface area contributed by atoms with Gasteiger partial charge in [-0.15, -0.1) is 0 Å². The van der Waals surface area contributed by atoms with Crippen molar-refractivity contribution in [3.63, 3.8) is 0 Å². The van der Waals surface area contributed by atoms with Crippen LogP contribution in [0.1, 0.15) is 27.4 Å². The molecule has 9 nitrogen and oxygen atoms in total. The number of carbonyl (C=O) groups excluding carboxylic acids is 1. The highest BCUT2D eigenvalue weighted by Gasteiger charge is 2.12. The van der Waals surface area contributed by atoms with Crippen LogP contribution in [0.2, 0.25) is 0 Å². The molecule has 0 saturated heterocycles. The molecule has 0 unspecified atom stereocenters. The van der Waals surface area contributed by atoms with E-state index >= 15 is 0 Å². The fraction of sp³-hybridized carbons (Fsp3) is 0.250. The number of rotatable bonds is 3. The molecule has 3 aromatic heterocycles. The second-order valence-electron chi connectivity index (χ2n) is 5.61. The molecule has 0 atom stereocenters. The van der Waals surface area contributed by atoms with Crippen LogP contribution in [0.4, 0.5) is 5.69 Å². The monoisotopic (exact) mass is 339 g/mol. The Morgan fingerprint density at radius 2 is 1.76 bits per heavy atom. The van der Waals surface area contributed by atoms with Gasteiger partial charge >= 0.3 is 0 Å². The molecule has 3 aromatic rings. The second kappa shape index (κ2) is 6.27. The number of nitrogens with one attached hydrogen (secondary N) is 1. The summed E-state index contributed by atoms with van der Waals surface area (Å²) >= 11 is 0. The van der Waals surface area contributed by atoms with E-state index in [4.69, 9.17) is 0 Å². The lowest BCUT2D eigenvalue weighted by Gasteiger charge is -2.06. The fourth-order valence-corrected chi connectivity index (χ4v) is 2.23. The molecule has 1 N–H and O–H groups in total. The van der Waals surface area contributed by atoms with Crippen molar-refractivity contribution in [2.45, 2.75) is 20.8 Å². The van der Waals surface area contributed by atoms with Crippen LogP contribution in [0.5, 0.6) is 0 Å². The maximum atomic E-state index is 12.2. The lowest BCUT2D eigenvalue weighted by molar-refractivity contribution is 0.102. The van der Waals surface area contributed by atoms with E-state index in [2.05, 4.69) is 25.5 Å². The summed E-state index contributed by atoms with van der Waals surface area (Å²) in [6.07, 6.45) is 2.99. The van der Waals surface area contributed by atoms with Crippen LogP contribution < -0.4 is 10.9 Å². The Balaban J connectivity index is 1.80. The third kappa shape index (κ3) is 3.16. The highest BCUT2D eigenvalue weighted by Crippen LogP contribution is 2.15. The molecule has 3 heterocycles. The summed E-state index contributed by atoms with van der Waals surface area (Å²) in [6, 6.07) is 2.65. The first-order chi connectivity index (χ1) is 11.9. The zero-order chi connectivity index (χ0) is 18.1. The van der Waals surface area contributed by atoms with Crippen LogP contribution in [0, 0.1) is 20.8 Å². The first-order valence-electron chi connectivity index (χ1n) is 7.58. The van der Waals surface area contributed by atoms with E-state index < -0.39 is 5.91 Å². The predicted octanol–water partition coefficient (Wildman–Crippen LogP) is 0.934. The molecule has 1 amide bonds. The summed E-state index contributed by atoms with van der Waals surface area (Å²) in [5.41, 5.74) is 3.22. The van der Waals surface area contributed by atoms with Crippen LogP contribution in [-0.2, 0) is 7.05 Å². The third-order valence-corrected chi connectivity index (χ3v) is 3.93. The number of amides is 1. The standard InChI is InChI=1S/C16H17N7O2/c1-9-10(2)20-23(11(9)3)16-17-7-12(8-18-16)19-15(25)13-5-6-14(24)22(4)21-13/h5-8H,1-4H3,(H,19,25). The van der Waals surface area contributed by atoms with Gasteiger partial charge in [-0.1, -0.05) is 0 Å². The molecule has 3 rings (SSSR count). The van der Waals surface area contributed by atoms with Gasteiger partial charge in [0.2, 0.25) is 0 Å². The third-order valence-electron chi connectivity index (χ3n) is 3.93. The first-order valence-corrected chi connectivity index (χ1v) is 7.58. The Morgan fingerprint density at radius 1 is 1.08 bits per heavy atom. The molecule has 0 spiro atoms. The maximum Gasteiger partial charge on any atom is 0.276 e. The minimum Gasteiger partial charge on any atom is -0.318 e. The largest absolute Gasteiger partial charge is 0.318 e. The summed E-state index contributed by atoms with van der Waals surface area (Å²) in [4.78, 5) is 32.0. The molecule has 0 bridgehead atoms. The molecular weight excluding hydrogens is 322 g/mol. The van der Waals surface area contributed by atoms with Crippen molar-refractivity contribution in [1.29, 1.82) is 0 Å². The molecule has 0 aliphatic carbocycles. The summed E-state index contributed by atoms with van der Waals surface area (Å²) in [7, 11) is 1.48. The summed E-state index contributed by atoms with van der Waals surface area (Å²) in [6.45, 7) is 5.86. The summed E-state index contributed by atoms with van der Waals surface area (Å²) in [5, 5.41) is 10.9. The fourth-order valence-electron chi connectivity index (χ4n) is 2.23. The van der Waals surface area contributed by atoms with Crippen LogP contribution in [-0.4, -0.2) is 35.4 Å². The van der Waals surface area contributed by atoms with E-state index in [1.54, 1.807) is 4.68 Å². The summed E-state index contributed by atoms with van der Waals surface area (Å²) in [5.74, 6) is -0.0270. The minimum atomic E-state index is -0.450. The number of aryl methyl sites for hydroxylation is 2.